The van der Waals surface area contributed by atoms with Crippen LogP contribution in [0.15, 0.2) is 24.3 Å². The number of amides is 1. The second-order valence-electron chi connectivity index (χ2n) is 5.72. The predicted molar refractivity (Wildman–Crippen MR) is 84.4 cm³/mol. The molecule has 112 valence electrons. The zero-order chi connectivity index (χ0) is 15.1. The number of carbonyl (C=O) groups excluding carboxylic acids is 1. The zero-order valence-corrected chi connectivity index (χ0v) is 13.1. The van der Waals surface area contributed by atoms with Gasteiger partial charge in [0.2, 0.25) is 5.91 Å². The van der Waals surface area contributed by atoms with E-state index in [1.807, 2.05) is 6.92 Å². The van der Waals surface area contributed by atoms with E-state index in [9.17, 15) is 4.79 Å². The van der Waals surface area contributed by atoms with Crippen molar-refractivity contribution in [2.24, 2.45) is 11.7 Å². The largest absolute Gasteiger partial charge is 0.348 e. The summed E-state index contributed by atoms with van der Waals surface area (Å²) in [6.07, 6.45) is 2.68. The van der Waals surface area contributed by atoms with Gasteiger partial charge in [-0.25, -0.2) is 0 Å². The Kier molecular flexibility index (Phi) is 6.73. The smallest absolute Gasteiger partial charge is 0.237 e. The van der Waals surface area contributed by atoms with E-state index in [2.05, 4.69) is 50.4 Å². The molecular weight excluding hydrogens is 248 g/mol. The van der Waals surface area contributed by atoms with Gasteiger partial charge < -0.3 is 11.1 Å². The summed E-state index contributed by atoms with van der Waals surface area (Å²) in [7, 11) is 0. The Morgan fingerprint density at radius 2 is 1.80 bits per heavy atom. The topological polar surface area (TPSA) is 55.1 Å². The first-order valence-corrected chi connectivity index (χ1v) is 7.64. The van der Waals surface area contributed by atoms with E-state index in [1.165, 1.54) is 5.56 Å². The summed E-state index contributed by atoms with van der Waals surface area (Å²) in [5, 5.41) is 3.09. The quantitative estimate of drug-likeness (QED) is 0.803. The number of carbonyl (C=O) groups is 1. The lowest BCUT2D eigenvalue weighted by Crippen LogP contribution is -2.43. The molecule has 0 bridgehead atoms. The van der Waals surface area contributed by atoms with Gasteiger partial charge in [0.05, 0.1) is 12.1 Å². The minimum Gasteiger partial charge on any atom is -0.348 e. The molecule has 0 radical (unpaired) electrons. The molecule has 0 aromatic heterocycles. The first kappa shape index (κ1) is 16.7. The monoisotopic (exact) mass is 276 g/mol. The average molecular weight is 276 g/mol. The summed E-state index contributed by atoms with van der Waals surface area (Å²) in [5.41, 5.74) is 8.35. The molecule has 0 fully saturated rings. The highest BCUT2D eigenvalue weighted by molar-refractivity contribution is 5.81. The molecule has 1 rings (SSSR count). The van der Waals surface area contributed by atoms with Crippen LogP contribution in [-0.2, 0) is 11.2 Å². The highest BCUT2D eigenvalue weighted by Gasteiger charge is 2.21. The molecule has 0 aliphatic rings. The molecule has 0 heterocycles. The fourth-order valence-corrected chi connectivity index (χ4v) is 2.30. The molecule has 1 amide bonds. The maximum Gasteiger partial charge on any atom is 0.237 e. The van der Waals surface area contributed by atoms with Crippen LogP contribution in [-0.4, -0.2) is 11.9 Å². The van der Waals surface area contributed by atoms with Crippen molar-refractivity contribution in [1.82, 2.24) is 5.32 Å². The summed E-state index contributed by atoms with van der Waals surface area (Å²) >= 11 is 0. The minimum absolute atomic E-state index is 0.0244. The van der Waals surface area contributed by atoms with E-state index in [4.69, 9.17) is 5.73 Å². The number of nitrogens with one attached hydrogen (secondary N) is 1. The van der Waals surface area contributed by atoms with Crippen LogP contribution in [0.2, 0.25) is 0 Å². The van der Waals surface area contributed by atoms with Gasteiger partial charge in [-0.1, -0.05) is 58.4 Å². The van der Waals surface area contributed by atoms with E-state index in [1.54, 1.807) is 0 Å². The number of rotatable bonds is 7. The van der Waals surface area contributed by atoms with Crippen LogP contribution in [0.4, 0.5) is 0 Å². The van der Waals surface area contributed by atoms with Gasteiger partial charge in [-0.15, -0.1) is 0 Å². The van der Waals surface area contributed by atoms with Crippen molar-refractivity contribution in [3.8, 4) is 0 Å². The molecule has 3 N–H and O–H groups in total. The van der Waals surface area contributed by atoms with Gasteiger partial charge in [0.25, 0.3) is 0 Å². The van der Waals surface area contributed by atoms with Crippen molar-refractivity contribution in [2.75, 3.05) is 0 Å². The molecule has 0 aliphatic carbocycles. The van der Waals surface area contributed by atoms with Gasteiger partial charge in [0, 0.05) is 0 Å². The molecule has 0 saturated heterocycles. The van der Waals surface area contributed by atoms with E-state index in [0.29, 0.717) is 5.92 Å². The molecular formula is C17H28N2O. The van der Waals surface area contributed by atoms with Crippen molar-refractivity contribution < 1.29 is 4.79 Å². The molecule has 0 saturated carbocycles. The van der Waals surface area contributed by atoms with Crippen LogP contribution < -0.4 is 11.1 Å². The summed E-state index contributed by atoms with van der Waals surface area (Å²) < 4.78 is 0. The maximum absolute atomic E-state index is 12.1. The molecule has 3 heteroatoms. The lowest BCUT2D eigenvalue weighted by Gasteiger charge is -2.25. The van der Waals surface area contributed by atoms with Crippen molar-refractivity contribution in [1.29, 1.82) is 0 Å². The molecule has 2 atom stereocenters. The third-order valence-corrected chi connectivity index (χ3v) is 3.65. The number of hydrogen-bond acceptors (Lipinski definition) is 2. The number of aryl methyl sites for hydroxylation is 1. The number of benzene rings is 1. The fraction of sp³-hybridized carbons (Fsp3) is 0.588. The molecule has 0 spiro atoms. The van der Waals surface area contributed by atoms with Crippen LogP contribution in [0.5, 0.6) is 0 Å². The zero-order valence-electron chi connectivity index (χ0n) is 13.1. The Hall–Kier alpha value is -1.35. The van der Waals surface area contributed by atoms with Crippen LogP contribution in [0.3, 0.4) is 0 Å². The van der Waals surface area contributed by atoms with Crippen molar-refractivity contribution >= 4 is 5.91 Å². The van der Waals surface area contributed by atoms with Gasteiger partial charge in [0.15, 0.2) is 0 Å². The van der Waals surface area contributed by atoms with Crippen molar-refractivity contribution in [3.63, 3.8) is 0 Å². The number of hydrogen-bond donors (Lipinski definition) is 2. The molecule has 1 aromatic carbocycles. The Labute approximate surface area is 122 Å². The van der Waals surface area contributed by atoms with Gasteiger partial charge >= 0.3 is 0 Å². The Balaban J connectivity index is 2.80. The van der Waals surface area contributed by atoms with Crippen LogP contribution in [0, 0.1) is 5.92 Å². The van der Waals surface area contributed by atoms with Crippen LogP contribution in [0.25, 0.3) is 0 Å². The Morgan fingerprint density at radius 3 is 2.25 bits per heavy atom. The first-order chi connectivity index (χ1) is 9.49. The summed E-state index contributed by atoms with van der Waals surface area (Å²) in [5.74, 6) is 0.283. The SMILES string of the molecule is CCCC(N)C(=O)NC(c1ccc(CC)cc1)C(C)C. The van der Waals surface area contributed by atoms with E-state index >= 15 is 0 Å². The van der Waals surface area contributed by atoms with E-state index < -0.39 is 6.04 Å². The molecule has 2 unspecified atom stereocenters. The molecule has 3 nitrogen and oxygen atoms in total. The van der Waals surface area contributed by atoms with Gasteiger partial charge in [-0.3, -0.25) is 4.79 Å². The third kappa shape index (κ3) is 4.64. The minimum atomic E-state index is -0.406. The fourth-order valence-electron chi connectivity index (χ4n) is 2.30. The standard InChI is InChI=1S/C17H28N2O/c1-5-7-15(18)17(20)19-16(12(3)4)14-10-8-13(6-2)9-11-14/h8-12,15-16H,5-7,18H2,1-4H3,(H,19,20). The average Bonchev–Trinajstić information content (AvgIpc) is 2.44. The molecule has 1 aromatic rings. The second kappa shape index (κ2) is 8.05. The van der Waals surface area contributed by atoms with E-state index in [0.717, 1.165) is 24.8 Å². The lowest BCUT2D eigenvalue weighted by molar-refractivity contribution is -0.123. The van der Waals surface area contributed by atoms with Crippen LogP contribution >= 0.6 is 0 Å². The van der Waals surface area contributed by atoms with Crippen molar-refractivity contribution in [3.05, 3.63) is 35.4 Å². The lowest BCUT2D eigenvalue weighted by atomic mass is 9.94. The summed E-state index contributed by atoms with van der Waals surface area (Å²) in [6.45, 7) is 8.41. The predicted octanol–water partition coefficient (Wildman–Crippen LogP) is 3.19. The highest BCUT2D eigenvalue weighted by atomic mass is 16.2. The first-order valence-electron chi connectivity index (χ1n) is 7.64. The van der Waals surface area contributed by atoms with Gasteiger partial charge in [0.1, 0.15) is 0 Å². The third-order valence-electron chi connectivity index (χ3n) is 3.65. The maximum atomic E-state index is 12.1. The Morgan fingerprint density at radius 1 is 1.20 bits per heavy atom. The Bertz CT molecular complexity index is 412. The summed E-state index contributed by atoms with van der Waals surface area (Å²) in [4.78, 5) is 12.1. The van der Waals surface area contributed by atoms with Gasteiger partial charge in [-0.2, -0.15) is 0 Å². The van der Waals surface area contributed by atoms with Gasteiger partial charge in [-0.05, 0) is 29.9 Å². The highest BCUT2D eigenvalue weighted by Crippen LogP contribution is 2.22. The van der Waals surface area contributed by atoms with Crippen molar-refractivity contribution in [2.45, 2.75) is 59.0 Å². The molecule has 20 heavy (non-hydrogen) atoms. The summed E-state index contributed by atoms with van der Waals surface area (Å²) in [6, 6.07) is 8.09. The number of nitrogens with two attached hydrogens (primary N) is 1. The second-order valence-corrected chi connectivity index (χ2v) is 5.72. The normalized spacial score (nSPS) is 14.1. The van der Waals surface area contributed by atoms with E-state index in [-0.39, 0.29) is 11.9 Å². The molecule has 0 aliphatic heterocycles. The van der Waals surface area contributed by atoms with Crippen LogP contribution in [0.1, 0.15) is 57.7 Å².